The molecule has 1 unspecified atom stereocenters. The zero-order valence-electron chi connectivity index (χ0n) is 18.1. The molecule has 3 atom stereocenters. The number of nitrogens with zero attached hydrogens (tertiary/aromatic N) is 2. The van der Waals surface area contributed by atoms with Crippen molar-refractivity contribution in [2.75, 3.05) is 7.05 Å². The third-order valence-corrected chi connectivity index (χ3v) is 6.95. The fraction of sp³-hybridized carbons (Fsp3) is 0.440. The highest BCUT2D eigenvalue weighted by molar-refractivity contribution is 5.94. The van der Waals surface area contributed by atoms with Gasteiger partial charge >= 0.3 is 0 Å². The number of nitrogens with one attached hydrogen (secondary N) is 1. The number of aliphatic hydroxyl groups excluding tert-OH is 2. The third kappa shape index (κ3) is 4.16. The van der Waals surface area contributed by atoms with Crippen molar-refractivity contribution in [3.63, 3.8) is 0 Å². The summed E-state index contributed by atoms with van der Waals surface area (Å²) in [4.78, 5) is 19.4. The zero-order valence-corrected chi connectivity index (χ0v) is 18.1. The number of carbonyl (C=O) groups excluding carboxylic acids is 1. The minimum Gasteiger partial charge on any atom is -0.436 e. The lowest BCUT2D eigenvalue weighted by Gasteiger charge is -2.35. The highest BCUT2D eigenvalue weighted by atomic mass is 16.3. The van der Waals surface area contributed by atoms with Crippen molar-refractivity contribution in [1.29, 1.82) is 0 Å². The first-order valence-electron chi connectivity index (χ1n) is 11.3. The van der Waals surface area contributed by atoms with Crippen LogP contribution in [0.4, 0.5) is 0 Å². The number of hydrogen-bond donors (Lipinski definition) is 3. The number of fused-ring (bicyclic) bond motifs is 1. The van der Waals surface area contributed by atoms with E-state index in [4.69, 9.17) is 4.42 Å². The van der Waals surface area contributed by atoms with Crippen molar-refractivity contribution >= 4 is 17.0 Å². The topological polar surface area (TPSA) is 98.8 Å². The van der Waals surface area contributed by atoms with Gasteiger partial charge in [0, 0.05) is 36.2 Å². The van der Waals surface area contributed by atoms with E-state index in [1.165, 1.54) is 0 Å². The van der Waals surface area contributed by atoms with Crippen molar-refractivity contribution < 1.29 is 19.4 Å². The summed E-state index contributed by atoms with van der Waals surface area (Å²) in [7, 11) is 1.84. The summed E-state index contributed by atoms with van der Waals surface area (Å²) in [6.45, 7) is 0. The number of amides is 1. The van der Waals surface area contributed by atoms with Gasteiger partial charge in [-0.1, -0.05) is 12.1 Å². The van der Waals surface area contributed by atoms with Crippen molar-refractivity contribution in [1.82, 2.24) is 15.2 Å². The van der Waals surface area contributed by atoms with Gasteiger partial charge in [-0.25, -0.2) is 4.98 Å². The molecule has 7 heteroatoms. The number of aliphatic hydroxyl groups is 2. The first-order chi connectivity index (χ1) is 15.5. The highest BCUT2D eigenvalue weighted by Gasteiger charge is 2.36. The molecule has 2 fully saturated rings. The summed E-state index contributed by atoms with van der Waals surface area (Å²) in [6, 6.07) is 15.3. The molecule has 0 aliphatic heterocycles. The molecule has 1 amide bonds. The maximum absolute atomic E-state index is 13.0. The molecule has 3 aromatic rings. The summed E-state index contributed by atoms with van der Waals surface area (Å²) < 4.78 is 5.81. The molecule has 2 aromatic carbocycles. The molecule has 7 nitrogen and oxygen atoms in total. The van der Waals surface area contributed by atoms with Crippen LogP contribution in [-0.2, 0) is 0 Å². The molecule has 32 heavy (non-hydrogen) atoms. The summed E-state index contributed by atoms with van der Waals surface area (Å²) in [5.41, 5.74) is 3.00. The average molecular weight is 436 g/mol. The molecule has 1 heterocycles. The number of hydrogen-bond acceptors (Lipinski definition) is 6. The number of carbonyl (C=O) groups is 1. The van der Waals surface area contributed by atoms with E-state index in [1.54, 1.807) is 4.90 Å². The highest BCUT2D eigenvalue weighted by Crippen LogP contribution is 2.33. The third-order valence-electron chi connectivity index (χ3n) is 6.95. The number of oxazole rings is 1. The molecule has 0 spiro atoms. The van der Waals surface area contributed by atoms with E-state index in [2.05, 4.69) is 10.3 Å². The number of rotatable bonds is 6. The van der Waals surface area contributed by atoms with E-state index in [-0.39, 0.29) is 30.0 Å². The van der Waals surface area contributed by atoms with E-state index in [0.29, 0.717) is 24.3 Å². The monoisotopic (exact) mass is 435 g/mol. The van der Waals surface area contributed by atoms with Crippen LogP contribution < -0.4 is 5.32 Å². The average Bonchev–Trinajstić information content (AvgIpc) is 3.44. The van der Waals surface area contributed by atoms with Crippen LogP contribution in [0.25, 0.3) is 22.6 Å². The Labute approximate surface area is 187 Å². The molecule has 0 saturated heterocycles. The quantitative estimate of drug-likeness (QED) is 0.515. The molecule has 2 aliphatic carbocycles. The second kappa shape index (κ2) is 8.65. The summed E-state index contributed by atoms with van der Waals surface area (Å²) in [5.74, 6) is 0.636. The maximum Gasteiger partial charge on any atom is 0.253 e. The normalized spacial score (nSPS) is 26.1. The lowest BCUT2D eigenvalue weighted by atomic mass is 9.88. The smallest absolute Gasteiger partial charge is 0.253 e. The maximum atomic E-state index is 13.0. The molecule has 2 saturated carbocycles. The lowest BCUT2D eigenvalue weighted by molar-refractivity contribution is 0.00551. The van der Waals surface area contributed by atoms with Crippen LogP contribution in [0.1, 0.15) is 42.5 Å². The van der Waals surface area contributed by atoms with Crippen LogP contribution in [0.2, 0.25) is 0 Å². The van der Waals surface area contributed by atoms with E-state index >= 15 is 0 Å². The van der Waals surface area contributed by atoms with Gasteiger partial charge in [0.1, 0.15) is 11.7 Å². The Morgan fingerprint density at radius 2 is 1.88 bits per heavy atom. The Morgan fingerprint density at radius 3 is 2.59 bits per heavy atom. The van der Waals surface area contributed by atoms with Gasteiger partial charge in [0.15, 0.2) is 5.58 Å². The van der Waals surface area contributed by atoms with Crippen LogP contribution in [0.15, 0.2) is 52.9 Å². The molecular weight excluding hydrogens is 406 g/mol. The van der Waals surface area contributed by atoms with E-state index in [1.807, 2.05) is 55.6 Å². The number of benzene rings is 2. The predicted octanol–water partition coefficient (Wildman–Crippen LogP) is 3.17. The first kappa shape index (κ1) is 21.1. The number of aromatic nitrogens is 1. The van der Waals surface area contributed by atoms with Crippen LogP contribution in [-0.4, -0.2) is 57.5 Å². The van der Waals surface area contributed by atoms with Gasteiger partial charge < -0.3 is 19.5 Å². The van der Waals surface area contributed by atoms with Gasteiger partial charge in [0.05, 0.1) is 6.10 Å². The molecule has 168 valence electrons. The van der Waals surface area contributed by atoms with Crippen LogP contribution in [0.3, 0.4) is 0 Å². The van der Waals surface area contributed by atoms with Crippen molar-refractivity contribution in [2.24, 2.45) is 5.92 Å². The second-order valence-corrected chi connectivity index (χ2v) is 9.14. The van der Waals surface area contributed by atoms with Crippen LogP contribution in [0, 0.1) is 5.92 Å². The minimum atomic E-state index is -0.586. The lowest BCUT2D eigenvalue weighted by Crippen LogP contribution is -2.50. The van der Waals surface area contributed by atoms with Gasteiger partial charge in [0.25, 0.3) is 5.91 Å². The van der Waals surface area contributed by atoms with Gasteiger partial charge in [-0.2, -0.15) is 0 Å². The largest absolute Gasteiger partial charge is 0.436 e. The summed E-state index contributed by atoms with van der Waals surface area (Å²) in [6.07, 6.45) is 3.09. The SMILES string of the molecule is CN(C(=O)c1ccc(-c2nc3ccccc3o2)cc1)[C@@H]1CC[C@H](C(O)N[C@H]2C[C@@H](O)C2)C1. The predicted molar refractivity (Wildman–Crippen MR) is 121 cm³/mol. The Balaban J connectivity index is 1.20. The van der Waals surface area contributed by atoms with Crippen LogP contribution >= 0.6 is 0 Å². The van der Waals surface area contributed by atoms with E-state index in [9.17, 15) is 15.0 Å². The molecular formula is C25H29N3O4. The van der Waals surface area contributed by atoms with Gasteiger partial charge in [-0.15, -0.1) is 0 Å². The van der Waals surface area contributed by atoms with E-state index in [0.717, 1.165) is 35.9 Å². The van der Waals surface area contributed by atoms with Gasteiger partial charge in [0.2, 0.25) is 5.89 Å². The van der Waals surface area contributed by atoms with Crippen molar-refractivity contribution in [3.05, 3.63) is 54.1 Å². The fourth-order valence-electron chi connectivity index (χ4n) is 4.85. The molecule has 3 N–H and O–H groups in total. The first-order valence-corrected chi connectivity index (χ1v) is 11.3. The van der Waals surface area contributed by atoms with Gasteiger partial charge in [-0.3, -0.25) is 10.1 Å². The summed E-state index contributed by atoms with van der Waals surface area (Å²) >= 11 is 0. The van der Waals surface area contributed by atoms with Gasteiger partial charge in [-0.05, 0) is 68.5 Å². The Hall–Kier alpha value is -2.74. The standard InChI is InChI=1S/C25H29N3O4/c1-28(19-11-10-17(12-19)23(30)26-18-13-20(29)14-18)25(31)16-8-6-15(7-9-16)24-27-21-4-2-3-5-22(21)32-24/h2-9,17-20,23,26,29-30H,10-14H2,1H3/t17-,18-,19+,20+,23?/m0/s1. The Bertz CT molecular complexity index is 1060. The van der Waals surface area contributed by atoms with Crippen molar-refractivity contribution in [2.45, 2.75) is 56.5 Å². The molecule has 0 bridgehead atoms. The summed E-state index contributed by atoms with van der Waals surface area (Å²) in [5, 5.41) is 23.1. The second-order valence-electron chi connectivity index (χ2n) is 9.14. The fourth-order valence-corrected chi connectivity index (χ4v) is 4.85. The molecule has 1 aromatic heterocycles. The Morgan fingerprint density at radius 1 is 1.12 bits per heavy atom. The molecule has 2 aliphatic rings. The van der Waals surface area contributed by atoms with Crippen molar-refractivity contribution in [3.8, 4) is 11.5 Å². The van der Waals surface area contributed by atoms with Crippen LogP contribution in [0.5, 0.6) is 0 Å². The molecule has 5 rings (SSSR count). The van der Waals surface area contributed by atoms with E-state index < -0.39 is 6.23 Å². The Kier molecular flexibility index (Phi) is 5.71. The zero-order chi connectivity index (χ0) is 22.2. The number of para-hydroxylation sites is 2. The minimum absolute atomic E-state index is 0.0238. The molecule has 0 radical (unpaired) electrons.